The number of amides is 2. The molecule has 6 nitrogen and oxygen atoms in total. The summed E-state index contributed by atoms with van der Waals surface area (Å²) in [6.45, 7) is 3.57. The zero-order valence-corrected chi connectivity index (χ0v) is 15.6. The van der Waals surface area contributed by atoms with Crippen LogP contribution in [-0.2, 0) is 19.1 Å². The molecule has 7 heteroatoms. The molecule has 26 heavy (non-hydrogen) atoms. The lowest BCUT2D eigenvalue weighted by molar-refractivity contribution is -0.151. The maximum Gasteiger partial charge on any atom is 0.309 e. The number of benzene rings is 1. The summed E-state index contributed by atoms with van der Waals surface area (Å²) in [7, 11) is 0. The third-order valence-electron chi connectivity index (χ3n) is 5.04. The number of nitrogens with zero attached hydrogens (tertiary/aromatic N) is 2. The molecule has 2 heterocycles. The van der Waals surface area contributed by atoms with E-state index in [2.05, 4.69) is 0 Å². The van der Waals surface area contributed by atoms with Crippen molar-refractivity contribution in [1.29, 1.82) is 0 Å². The normalized spacial score (nSPS) is 21.2. The van der Waals surface area contributed by atoms with E-state index in [0.29, 0.717) is 49.8 Å². The first-order chi connectivity index (χ1) is 12.5. The van der Waals surface area contributed by atoms with Crippen LogP contribution in [-0.4, -0.2) is 48.9 Å². The zero-order chi connectivity index (χ0) is 18.7. The van der Waals surface area contributed by atoms with E-state index in [4.69, 9.17) is 16.3 Å². The van der Waals surface area contributed by atoms with Gasteiger partial charge in [-0.2, -0.15) is 0 Å². The molecule has 0 spiro atoms. The highest BCUT2D eigenvalue weighted by Crippen LogP contribution is 2.32. The first kappa shape index (κ1) is 18.7. The Kier molecular flexibility index (Phi) is 5.81. The van der Waals surface area contributed by atoms with E-state index in [9.17, 15) is 14.4 Å². The molecule has 2 aliphatic heterocycles. The summed E-state index contributed by atoms with van der Waals surface area (Å²) < 4.78 is 5.06. The highest BCUT2D eigenvalue weighted by molar-refractivity contribution is 6.33. The summed E-state index contributed by atoms with van der Waals surface area (Å²) in [6.07, 6.45) is 1.42. The van der Waals surface area contributed by atoms with Gasteiger partial charge in [0.15, 0.2) is 0 Å². The third kappa shape index (κ3) is 3.85. The van der Waals surface area contributed by atoms with Crippen molar-refractivity contribution in [1.82, 2.24) is 4.90 Å². The predicted molar refractivity (Wildman–Crippen MR) is 97.8 cm³/mol. The number of hydrogen-bond acceptors (Lipinski definition) is 4. The maximum atomic E-state index is 12.8. The molecule has 1 aromatic rings. The van der Waals surface area contributed by atoms with Crippen LogP contribution in [0.3, 0.4) is 0 Å². The van der Waals surface area contributed by atoms with Crippen LogP contribution in [0.1, 0.15) is 26.2 Å². The van der Waals surface area contributed by atoms with Crippen molar-refractivity contribution in [2.24, 2.45) is 11.8 Å². The molecule has 1 aromatic carbocycles. The Morgan fingerprint density at radius 2 is 1.88 bits per heavy atom. The minimum absolute atomic E-state index is 0.0183. The molecule has 2 fully saturated rings. The largest absolute Gasteiger partial charge is 0.466 e. The van der Waals surface area contributed by atoms with E-state index in [0.717, 1.165) is 0 Å². The van der Waals surface area contributed by atoms with Gasteiger partial charge in [-0.25, -0.2) is 0 Å². The molecule has 0 aromatic heterocycles. The third-order valence-corrected chi connectivity index (χ3v) is 5.36. The van der Waals surface area contributed by atoms with Gasteiger partial charge in [0, 0.05) is 26.1 Å². The molecule has 0 aliphatic carbocycles. The number of carbonyl (C=O) groups excluding carboxylic acids is 3. The summed E-state index contributed by atoms with van der Waals surface area (Å²) in [5.41, 5.74) is 0.649. The fourth-order valence-electron chi connectivity index (χ4n) is 3.63. The summed E-state index contributed by atoms with van der Waals surface area (Å²) in [5, 5.41) is 0.504. The quantitative estimate of drug-likeness (QED) is 0.755. The van der Waals surface area contributed by atoms with Crippen LogP contribution in [0.25, 0.3) is 0 Å². The molecule has 0 saturated carbocycles. The molecule has 0 radical (unpaired) electrons. The molecule has 0 N–H and O–H groups in total. The molecular formula is C19H23ClN2O4. The van der Waals surface area contributed by atoms with Crippen LogP contribution in [0.15, 0.2) is 24.3 Å². The van der Waals surface area contributed by atoms with Gasteiger partial charge in [-0.3, -0.25) is 14.4 Å². The van der Waals surface area contributed by atoms with Crippen LogP contribution in [0, 0.1) is 11.8 Å². The first-order valence-electron chi connectivity index (χ1n) is 9.01. The molecule has 3 rings (SSSR count). The summed E-state index contributed by atoms with van der Waals surface area (Å²) in [6, 6.07) is 7.16. The Morgan fingerprint density at radius 1 is 1.19 bits per heavy atom. The minimum atomic E-state index is -0.363. The van der Waals surface area contributed by atoms with Crippen molar-refractivity contribution in [3.05, 3.63) is 29.3 Å². The van der Waals surface area contributed by atoms with Gasteiger partial charge in [0.05, 0.1) is 29.2 Å². The predicted octanol–water partition coefficient (Wildman–Crippen LogP) is 2.49. The number of carbonyl (C=O) groups is 3. The number of para-hydroxylation sites is 1. The minimum Gasteiger partial charge on any atom is -0.466 e. The zero-order valence-electron chi connectivity index (χ0n) is 14.8. The molecular weight excluding hydrogens is 356 g/mol. The second-order valence-electron chi connectivity index (χ2n) is 6.71. The number of rotatable bonds is 4. The maximum absolute atomic E-state index is 12.8. The number of halogens is 1. The van der Waals surface area contributed by atoms with E-state index < -0.39 is 0 Å². The van der Waals surface area contributed by atoms with E-state index in [-0.39, 0.29) is 36.0 Å². The molecule has 2 amide bonds. The lowest BCUT2D eigenvalue weighted by Crippen LogP contribution is -2.44. The number of hydrogen-bond donors (Lipinski definition) is 0. The Hall–Kier alpha value is -2.08. The Bertz CT molecular complexity index is 701. The van der Waals surface area contributed by atoms with Gasteiger partial charge in [0.2, 0.25) is 11.8 Å². The fraction of sp³-hybridized carbons (Fsp3) is 0.526. The van der Waals surface area contributed by atoms with Crippen LogP contribution < -0.4 is 4.90 Å². The standard InChI is InChI=1S/C19H23ClN2O4/c1-2-26-19(25)13-7-9-21(10-8-13)18(24)14-11-17(23)22(12-14)16-6-4-3-5-15(16)20/h3-6,13-14H,2,7-12H2,1H3/t14-/m0/s1. The topological polar surface area (TPSA) is 66.9 Å². The number of likely N-dealkylation sites (tertiary alicyclic amines) is 1. The van der Waals surface area contributed by atoms with Crippen LogP contribution in [0.4, 0.5) is 5.69 Å². The Balaban J connectivity index is 1.59. The van der Waals surface area contributed by atoms with E-state index in [1.807, 2.05) is 12.1 Å². The first-order valence-corrected chi connectivity index (χ1v) is 9.39. The van der Waals surface area contributed by atoms with Crippen molar-refractivity contribution in [2.45, 2.75) is 26.2 Å². The highest BCUT2D eigenvalue weighted by atomic mass is 35.5. The second kappa shape index (κ2) is 8.08. The average Bonchev–Trinajstić information content (AvgIpc) is 3.03. The van der Waals surface area contributed by atoms with Gasteiger partial charge < -0.3 is 14.5 Å². The van der Waals surface area contributed by atoms with Gasteiger partial charge >= 0.3 is 5.97 Å². The Morgan fingerprint density at radius 3 is 2.54 bits per heavy atom. The van der Waals surface area contributed by atoms with E-state index >= 15 is 0 Å². The molecule has 2 saturated heterocycles. The van der Waals surface area contributed by atoms with Crippen LogP contribution in [0.2, 0.25) is 5.02 Å². The lowest BCUT2D eigenvalue weighted by atomic mass is 9.95. The molecule has 140 valence electrons. The molecule has 0 unspecified atom stereocenters. The van der Waals surface area contributed by atoms with E-state index in [1.54, 1.807) is 28.9 Å². The van der Waals surface area contributed by atoms with Crippen molar-refractivity contribution < 1.29 is 19.1 Å². The van der Waals surface area contributed by atoms with Crippen molar-refractivity contribution in [2.75, 3.05) is 31.1 Å². The van der Waals surface area contributed by atoms with E-state index in [1.165, 1.54) is 0 Å². The lowest BCUT2D eigenvalue weighted by Gasteiger charge is -2.32. The summed E-state index contributed by atoms with van der Waals surface area (Å²) in [5.74, 6) is -0.782. The number of ether oxygens (including phenoxy) is 1. The van der Waals surface area contributed by atoms with Crippen molar-refractivity contribution in [3.63, 3.8) is 0 Å². The van der Waals surface area contributed by atoms with Crippen LogP contribution in [0.5, 0.6) is 0 Å². The number of esters is 1. The van der Waals surface area contributed by atoms with Gasteiger partial charge in [0.25, 0.3) is 0 Å². The molecule has 2 aliphatic rings. The van der Waals surface area contributed by atoms with Gasteiger partial charge in [-0.1, -0.05) is 23.7 Å². The SMILES string of the molecule is CCOC(=O)C1CCN(C(=O)[C@H]2CC(=O)N(c3ccccc3Cl)C2)CC1. The van der Waals surface area contributed by atoms with Gasteiger partial charge in [-0.15, -0.1) is 0 Å². The van der Waals surface area contributed by atoms with Crippen LogP contribution >= 0.6 is 11.6 Å². The monoisotopic (exact) mass is 378 g/mol. The smallest absolute Gasteiger partial charge is 0.309 e. The Labute approximate surface area is 158 Å². The summed E-state index contributed by atoms with van der Waals surface area (Å²) in [4.78, 5) is 40.4. The summed E-state index contributed by atoms with van der Waals surface area (Å²) >= 11 is 6.18. The average molecular weight is 379 g/mol. The number of anilines is 1. The van der Waals surface area contributed by atoms with Gasteiger partial charge in [0.1, 0.15) is 0 Å². The fourth-order valence-corrected chi connectivity index (χ4v) is 3.87. The van der Waals surface area contributed by atoms with Crippen molar-refractivity contribution >= 4 is 35.1 Å². The second-order valence-corrected chi connectivity index (χ2v) is 7.12. The highest BCUT2D eigenvalue weighted by Gasteiger charge is 2.39. The molecule has 1 atom stereocenters. The molecule has 0 bridgehead atoms. The number of piperidine rings is 1. The van der Waals surface area contributed by atoms with Gasteiger partial charge in [-0.05, 0) is 31.9 Å². The van der Waals surface area contributed by atoms with Crippen molar-refractivity contribution in [3.8, 4) is 0 Å².